The molecule has 1 aliphatic heterocycles. The van der Waals surface area contributed by atoms with Gasteiger partial charge in [-0.05, 0) is 86.7 Å². The third kappa shape index (κ3) is 3.71. The highest BCUT2D eigenvalue weighted by Crippen LogP contribution is 2.36. The lowest BCUT2D eigenvalue weighted by Crippen LogP contribution is -2.32. The Morgan fingerprint density at radius 2 is 1.53 bits per heavy atom. The number of halogens is 1. The predicted molar refractivity (Wildman–Crippen MR) is 131 cm³/mol. The Kier molecular flexibility index (Phi) is 5.66. The molecule has 5 heteroatoms. The monoisotopic (exact) mass is 444 g/mol. The number of rotatable bonds is 4. The molecule has 0 atom stereocenters. The van der Waals surface area contributed by atoms with Gasteiger partial charge in [-0.3, -0.25) is 9.59 Å². The Labute approximate surface area is 193 Å². The van der Waals surface area contributed by atoms with E-state index in [1.807, 2.05) is 83.1 Å². The summed E-state index contributed by atoms with van der Waals surface area (Å²) in [5.41, 5.74) is 7.57. The molecule has 0 aliphatic carbocycles. The molecule has 162 valence electrons. The van der Waals surface area contributed by atoms with Crippen molar-refractivity contribution >= 4 is 40.4 Å². The molecule has 0 saturated carbocycles. The number of hydrogen-bond acceptors (Lipinski definition) is 3. The summed E-state index contributed by atoms with van der Waals surface area (Å²) in [7, 11) is 0. The summed E-state index contributed by atoms with van der Waals surface area (Å²) < 4.78 is 0. The second-order valence-electron chi connectivity index (χ2n) is 8.32. The van der Waals surface area contributed by atoms with Crippen molar-refractivity contribution in [2.45, 2.75) is 34.6 Å². The lowest BCUT2D eigenvalue weighted by atomic mass is 9.97. The topological polar surface area (TPSA) is 49.4 Å². The normalized spacial score (nSPS) is 13.9. The molecule has 32 heavy (non-hydrogen) atoms. The molecule has 1 aliphatic rings. The van der Waals surface area contributed by atoms with E-state index in [1.165, 1.54) is 4.90 Å². The van der Waals surface area contributed by atoms with Crippen LogP contribution in [0.4, 0.5) is 11.4 Å². The zero-order chi connectivity index (χ0) is 23.2. The maximum absolute atomic E-state index is 13.7. The quantitative estimate of drug-likeness (QED) is 0.482. The summed E-state index contributed by atoms with van der Waals surface area (Å²) in [5, 5.41) is 3.82. The maximum atomic E-state index is 13.7. The molecular formula is C27H25ClN2O2. The number of benzene rings is 3. The van der Waals surface area contributed by atoms with Gasteiger partial charge in [0.1, 0.15) is 5.70 Å². The van der Waals surface area contributed by atoms with Gasteiger partial charge in [-0.15, -0.1) is 0 Å². The van der Waals surface area contributed by atoms with Crippen LogP contribution < -0.4 is 10.2 Å². The number of nitrogens with one attached hydrogen (secondary N) is 1. The third-order valence-electron chi connectivity index (χ3n) is 6.01. The van der Waals surface area contributed by atoms with E-state index in [-0.39, 0.29) is 17.5 Å². The average molecular weight is 445 g/mol. The minimum atomic E-state index is -0.382. The first kappa shape index (κ1) is 21.8. The number of carbonyl (C=O) groups excluding carboxylic acids is 2. The molecule has 0 spiro atoms. The Hall–Kier alpha value is -3.37. The number of carbonyl (C=O) groups is 2. The maximum Gasteiger partial charge on any atom is 0.282 e. The van der Waals surface area contributed by atoms with E-state index in [4.69, 9.17) is 11.6 Å². The fraction of sp³-hybridized carbons (Fsp3) is 0.185. The summed E-state index contributed by atoms with van der Waals surface area (Å²) in [6.07, 6.45) is 0. The first-order valence-corrected chi connectivity index (χ1v) is 10.9. The highest BCUT2D eigenvalue weighted by Gasteiger charge is 2.41. The van der Waals surface area contributed by atoms with Crippen molar-refractivity contribution < 1.29 is 9.59 Å². The fourth-order valence-electron chi connectivity index (χ4n) is 3.97. The van der Waals surface area contributed by atoms with E-state index in [2.05, 4.69) is 5.32 Å². The number of anilines is 2. The van der Waals surface area contributed by atoms with Crippen LogP contribution in [0.25, 0.3) is 5.57 Å². The summed E-state index contributed by atoms with van der Waals surface area (Å²) >= 11 is 6.30. The Morgan fingerprint density at radius 1 is 0.781 bits per heavy atom. The molecule has 4 rings (SSSR count). The zero-order valence-corrected chi connectivity index (χ0v) is 19.6. The molecule has 1 N–H and O–H groups in total. The van der Waals surface area contributed by atoms with Gasteiger partial charge in [0.05, 0.1) is 11.3 Å². The van der Waals surface area contributed by atoms with Gasteiger partial charge in [-0.25, -0.2) is 4.90 Å². The van der Waals surface area contributed by atoms with Gasteiger partial charge in [-0.2, -0.15) is 0 Å². The van der Waals surface area contributed by atoms with E-state index in [0.717, 1.165) is 33.4 Å². The first-order valence-electron chi connectivity index (χ1n) is 10.5. The van der Waals surface area contributed by atoms with Crippen molar-refractivity contribution in [3.63, 3.8) is 0 Å². The summed E-state index contributed by atoms with van der Waals surface area (Å²) in [6.45, 7) is 9.80. The predicted octanol–water partition coefficient (Wildman–Crippen LogP) is 6.28. The highest BCUT2D eigenvalue weighted by molar-refractivity contribution is 6.46. The Bertz CT molecular complexity index is 1310. The molecular weight excluding hydrogens is 420 g/mol. The van der Waals surface area contributed by atoms with Crippen LogP contribution >= 0.6 is 11.6 Å². The summed E-state index contributed by atoms with van der Waals surface area (Å²) in [5.74, 6) is -0.722. The molecule has 0 fully saturated rings. The summed E-state index contributed by atoms with van der Waals surface area (Å²) in [4.78, 5) is 28.6. The van der Waals surface area contributed by atoms with Crippen molar-refractivity contribution in [2.75, 3.05) is 10.2 Å². The van der Waals surface area contributed by atoms with Gasteiger partial charge in [-0.1, -0.05) is 47.5 Å². The number of amides is 2. The van der Waals surface area contributed by atoms with Crippen LogP contribution in [0, 0.1) is 34.6 Å². The van der Waals surface area contributed by atoms with Gasteiger partial charge < -0.3 is 5.32 Å². The average Bonchev–Trinajstić information content (AvgIpc) is 2.97. The van der Waals surface area contributed by atoms with Crippen LogP contribution in [-0.2, 0) is 9.59 Å². The largest absolute Gasteiger partial charge is 0.350 e. The Morgan fingerprint density at radius 3 is 2.22 bits per heavy atom. The molecule has 2 amide bonds. The van der Waals surface area contributed by atoms with Gasteiger partial charge in [0.15, 0.2) is 0 Å². The number of imide groups is 1. The number of hydrogen-bond donors (Lipinski definition) is 1. The lowest BCUT2D eigenvalue weighted by molar-refractivity contribution is -0.120. The summed E-state index contributed by atoms with van der Waals surface area (Å²) in [6, 6.07) is 16.9. The van der Waals surface area contributed by atoms with Gasteiger partial charge in [0.25, 0.3) is 11.8 Å². The molecule has 1 heterocycles. The first-order chi connectivity index (χ1) is 15.2. The van der Waals surface area contributed by atoms with Crippen molar-refractivity contribution in [2.24, 2.45) is 0 Å². The van der Waals surface area contributed by atoms with E-state index in [9.17, 15) is 9.59 Å². The van der Waals surface area contributed by atoms with Crippen LogP contribution in [-0.4, -0.2) is 11.8 Å². The van der Waals surface area contributed by atoms with Gasteiger partial charge in [0, 0.05) is 10.7 Å². The molecule has 0 saturated heterocycles. The van der Waals surface area contributed by atoms with Crippen LogP contribution in [0.5, 0.6) is 0 Å². The van der Waals surface area contributed by atoms with Crippen LogP contribution in [0.2, 0.25) is 5.02 Å². The van der Waals surface area contributed by atoms with E-state index < -0.39 is 0 Å². The standard InChI is InChI=1S/C27H25ClN2O2/c1-15-9-12-21(18(4)13-15)24-25(29-23-8-6-7-22(28)19(23)5)27(32)30(26(24)31)20-11-10-16(2)17(3)14-20/h6-14,29H,1-5H3. The minimum absolute atomic E-state index is 0.255. The van der Waals surface area contributed by atoms with Crippen LogP contribution in [0.15, 0.2) is 60.3 Å². The van der Waals surface area contributed by atoms with Gasteiger partial charge >= 0.3 is 0 Å². The van der Waals surface area contributed by atoms with Gasteiger partial charge in [0.2, 0.25) is 0 Å². The fourth-order valence-corrected chi connectivity index (χ4v) is 4.14. The molecule has 0 radical (unpaired) electrons. The molecule has 3 aromatic carbocycles. The second-order valence-corrected chi connectivity index (χ2v) is 8.73. The van der Waals surface area contributed by atoms with E-state index in [0.29, 0.717) is 22.0 Å². The highest BCUT2D eigenvalue weighted by atomic mass is 35.5. The molecule has 0 bridgehead atoms. The van der Waals surface area contributed by atoms with Crippen molar-refractivity contribution in [3.8, 4) is 0 Å². The molecule has 4 nitrogen and oxygen atoms in total. The van der Waals surface area contributed by atoms with Crippen LogP contribution in [0.3, 0.4) is 0 Å². The number of nitrogens with zero attached hydrogens (tertiary/aromatic N) is 1. The lowest BCUT2D eigenvalue weighted by Gasteiger charge is -2.17. The number of aryl methyl sites for hydroxylation is 4. The van der Waals surface area contributed by atoms with Crippen LogP contribution in [0.1, 0.15) is 33.4 Å². The van der Waals surface area contributed by atoms with Crippen molar-refractivity contribution in [1.82, 2.24) is 0 Å². The SMILES string of the molecule is Cc1ccc(C2=C(Nc3cccc(Cl)c3C)C(=O)N(c3ccc(C)c(C)c3)C2=O)c(C)c1. The Balaban J connectivity index is 1.89. The minimum Gasteiger partial charge on any atom is -0.350 e. The van der Waals surface area contributed by atoms with E-state index in [1.54, 1.807) is 6.07 Å². The molecule has 0 aromatic heterocycles. The second kappa shape index (κ2) is 8.29. The zero-order valence-electron chi connectivity index (χ0n) is 18.8. The molecule has 0 unspecified atom stereocenters. The van der Waals surface area contributed by atoms with Crippen molar-refractivity contribution in [3.05, 3.63) is 98.7 Å². The third-order valence-corrected chi connectivity index (χ3v) is 6.42. The van der Waals surface area contributed by atoms with E-state index >= 15 is 0 Å². The smallest absolute Gasteiger partial charge is 0.282 e. The van der Waals surface area contributed by atoms with Crippen molar-refractivity contribution in [1.29, 1.82) is 0 Å². The molecule has 3 aromatic rings.